The molecule has 0 saturated carbocycles. The van der Waals surface area contributed by atoms with Gasteiger partial charge in [-0.15, -0.1) is 0 Å². The molecule has 0 aliphatic carbocycles. The van der Waals surface area contributed by atoms with E-state index in [0.717, 1.165) is 11.8 Å². The Morgan fingerprint density at radius 3 is 2.88 bits per heavy atom. The highest BCUT2D eigenvalue weighted by molar-refractivity contribution is 5.97. The van der Waals surface area contributed by atoms with E-state index in [0.29, 0.717) is 18.5 Å². The Morgan fingerprint density at radius 1 is 1.36 bits per heavy atom. The Labute approximate surface area is 145 Å². The van der Waals surface area contributed by atoms with Crippen molar-refractivity contribution < 1.29 is 18.8 Å². The summed E-state index contributed by atoms with van der Waals surface area (Å²) in [5.41, 5.74) is 0.626. The quantitative estimate of drug-likeness (QED) is 0.733. The molecule has 2 unspecified atom stereocenters. The molecule has 1 aromatic heterocycles. The predicted octanol–water partition coefficient (Wildman–Crippen LogP) is 1.19. The number of hydrogen-bond donors (Lipinski definition) is 3. The van der Waals surface area contributed by atoms with Crippen molar-refractivity contribution in [3.05, 3.63) is 36.1 Å². The summed E-state index contributed by atoms with van der Waals surface area (Å²) in [5.74, 6) is -0.575. The molecule has 1 aliphatic rings. The lowest BCUT2D eigenvalue weighted by molar-refractivity contribution is -0.124. The van der Waals surface area contributed by atoms with E-state index in [4.69, 9.17) is 4.42 Å². The average Bonchev–Trinajstić information content (AvgIpc) is 3.19. The van der Waals surface area contributed by atoms with Crippen molar-refractivity contribution >= 4 is 28.7 Å². The van der Waals surface area contributed by atoms with Crippen LogP contribution in [0.5, 0.6) is 0 Å². The summed E-state index contributed by atoms with van der Waals surface area (Å²) in [7, 11) is 0. The number of nitrogens with one attached hydrogen (secondary N) is 3. The minimum absolute atomic E-state index is 0.0410. The first-order valence-electron chi connectivity index (χ1n) is 8.37. The van der Waals surface area contributed by atoms with Gasteiger partial charge in [0.2, 0.25) is 11.8 Å². The van der Waals surface area contributed by atoms with Gasteiger partial charge in [0.15, 0.2) is 5.76 Å². The van der Waals surface area contributed by atoms with Crippen LogP contribution < -0.4 is 16.0 Å². The van der Waals surface area contributed by atoms with Gasteiger partial charge in [-0.05, 0) is 31.9 Å². The van der Waals surface area contributed by atoms with E-state index in [1.807, 2.05) is 25.1 Å². The molecule has 132 valence electrons. The van der Waals surface area contributed by atoms with E-state index in [2.05, 4.69) is 16.0 Å². The topological polar surface area (TPSA) is 100 Å². The van der Waals surface area contributed by atoms with E-state index >= 15 is 0 Å². The number of benzene rings is 1. The van der Waals surface area contributed by atoms with Gasteiger partial charge in [-0.2, -0.15) is 0 Å². The number of hydrogen-bond acceptors (Lipinski definition) is 4. The zero-order chi connectivity index (χ0) is 17.8. The first kappa shape index (κ1) is 17.0. The van der Waals surface area contributed by atoms with Crippen molar-refractivity contribution in [3.8, 4) is 0 Å². The molecule has 3 rings (SSSR count). The molecule has 1 aromatic carbocycles. The van der Waals surface area contributed by atoms with Gasteiger partial charge in [0.05, 0.1) is 6.54 Å². The fraction of sp³-hybridized carbons (Fsp3) is 0.389. The van der Waals surface area contributed by atoms with E-state index in [-0.39, 0.29) is 36.1 Å². The molecule has 7 heteroatoms. The van der Waals surface area contributed by atoms with Crippen LogP contribution in [0.15, 0.2) is 34.7 Å². The SMILES string of the molecule is CC(CC1CCNC1=O)NC(=O)CNC(=O)c1cc2ccccc2o1. The molecule has 0 radical (unpaired) electrons. The number of carbonyl (C=O) groups excluding carboxylic acids is 3. The van der Waals surface area contributed by atoms with Crippen LogP contribution in [-0.4, -0.2) is 36.9 Å². The molecule has 2 atom stereocenters. The molecule has 1 fully saturated rings. The van der Waals surface area contributed by atoms with Gasteiger partial charge in [-0.25, -0.2) is 0 Å². The van der Waals surface area contributed by atoms with Crippen LogP contribution in [0.2, 0.25) is 0 Å². The second kappa shape index (κ2) is 7.38. The zero-order valence-electron chi connectivity index (χ0n) is 14.0. The third-order valence-corrected chi connectivity index (χ3v) is 4.27. The van der Waals surface area contributed by atoms with Crippen LogP contribution in [0.25, 0.3) is 11.0 Å². The lowest BCUT2D eigenvalue weighted by Crippen LogP contribution is -2.41. The molecule has 7 nitrogen and oxygen atoms in total. The zero-order valence-corrected chi connectivity index (χ0v) is 14.0. The van der Waals surface area contributed by atoms with E-state index in [9.17, 15) is 14.4 Å². The summed E-state index contributed by atoms with van der Waals surface area (Å²) >= 11 is 0. The predicted molar refractivity (Wildman–Crippen MR) is 91.9 cm³/mol. The fourth-order valence-corrected chi connectivity index (χ4v) is 3.02. The maximum absolute atomic E-state index is 12.1. The Kier molecular flexibility index (Phi) is 5.02. The van der Waals surface area contributed by atoms with Crippen LogP contribution in [0.3, 0.4) is 0 Å². The molecule has 3 N–H and O–H groups in total. The highest BCUT2D eigenvalue weighted by Crippen LogP contribution is 2.18. The summed E-state index contributed by atoms with van der Waals surface area (Å²) in [6.45, 7) is 2.40. The number of para-hydroxylation sites is 1. The van der Waals surface area contributed by atoms with Gasteiger partial charge in [-0.3, -0.25) is 14.4 Å². The van der Waals surface area contributed by atoms with Crippen LogP contribution >= 0.6 is 0 Å². The van der Waals surface area contributed by atoms with Crippen molar-refractivity contribution in [1.82, 2.24) is 16.0 Å². The van der Waals surface area contributed by atoms with Gasteiger partial charge in [0.1, 0.15) is 5.58 Å². The minimum atomic E-state index is -0.436. The largest absolute Gasteiger partial charge is 0.451 e. The van der Waals surface area contributed by atoms with Gasteiger partial charge in [0.25, 0.3) is 5.91 Å². The van der Waals surface area contributed by atoms with E-state index in [1.165, 1.54) is 0 Å². The van der Waals surface area contributed by atoms with Crippen LogP contribution in [0, 0.1) is 5.92 Å². The Balaban J connectivity index is 1.46. The molecule has 0 spiro atoms. The van der Waals surface area contributed by atoms with Crippen molar-refractivity contribution in [2.75, 3.05) is 13.1 Å². The lowest BCUT2D eigenvalue weighted by atomic mass is 9.99. The van der Waals surface area contributed by atoms with Gasteiger partial charge in [0, 0.05) is 23.9 Å². The second-order valence-corrected chi connectivity index (χ2v) is 6.31. The molecule has 2 heterocycles. The monoisotopic (exact) mass is 343 g/mol. The first-order chi connectivity index (χ1) is 12.0. The maximum Gasteiger partial charge on any atom is 0.287 e. The fourth-order valence-electron chi connectivity index (χ4n) is 3.02. The summed E-state index contributed by atoms with van der Waals surface area (Å²) < 4.78 is 5.46. The molecule has 1 saturated heterocycles. The van der Waals surface area contributed by atoms with Gasteiger partial charge >= 0.3 is 0 Å². The van der Waals surface area contributed by atoms with Gasteiger partial charge < -0.3 is 20.4 Å². The Bertz CT molecular complexity index is 765. The van der Waals surface area contributed by atoms with Crippen LogP contribution in [-0.2, 0) is 9.59 Å². The number of furan rings is 1. The third kappa shape index (κ3) is 4.17. The summed E-state index contributed by atoms with van der Waals surface area (Å²) in [5, 5.41) is 8.95. The van der Waals surface area contributed by atoms with E-state index in [1.54, 1.807) is 12.1 Å². The summed E-state index contributed by atoms with van der Waals surface area (Å²) in [6, 6.07) is 8.82. The molecule has 1 aliphatic heterocycles. The smallest absolute Gasteiger partial charge is 0.287 e. The molecule has 0 bridgehead atoms. The number of fused-ring (bicyclic) bond motifs is 1. The Morgan fingerprint density at radius 2 is 2.16 bits per heavy atom. The van der Waals surface area contributed by atoms with Crippen LogP contribution in [0.4, 0.5) is 0 Å². The van der Waals surface area contributed by atoms with Crippen molar-refractivity contribution in [2.24, 2.45) is 5.92 Å². The normalized spacial score (nSPS) is 18.0. The molecule has 25 heavy (non-hydrogen) atoms. The third-order valence-electron chi connectivity index (χ3n) is 4.27. The number of carbonyl (C=O) groups is 3. The standard InChI is InChI=1S/C18H21N3O4/c1-11(8-13-6-7-19-17(13)23)21-16(22)10-20-18(24)15-9-12-4-2-3-5-14(12)25-15/h2-5,9,11,13H,6-8,10H2,1H3,(H,19,23)(H,20,24)(H,21,22). The molecule has 3 amide bonds. The van der Waals surface area contributed by atoms with Gasteiger partial charge in [-0.1, -0.05) is 18.2 Å². The average molecular weight is 343 g/mol. The first-order valence-corrected chi connectivity index (χ1v) is 8.37. The summed E-state index contributed by atoms with van der Waals surface area (Å²) in [4.78, 5) is 35.6. The molecule has 2 aromatic rings. The maximum atomic E-state index is 12.1. The number of rotatable bonds is 6. The molecular formula is C18H21N3O4. The van der Waals surface area contributed by atoms with Crippen molar-refractivity contribution in [3.63, 3.8) is 0 Å². The van der Waals surface area contributed by atoms with Crippen LogP contribution in [0.1, 0.15) is 30.3 Å². The second-order valence-electron chi connectivity index (χ2n) is 6.31. The Hall–Kier alpha value is -2.83. The highest BCUT2D eigenvalue weighted by atomic mass is 16.3. The van der Waals surface area contributed by atoms with Crippen molar-refractivity contribution in [1.29, 1.82) is 0 Å². The lowest BCUT2D eigenvalue weighted by Gasteiger charge is -2.16. The van der Waals surface area contributed by atoms with Crippen molar-refractivity contribution in [2.45, 2.75) is 25.8 Å². The highest BCUT2D eigenvalue weighted by Gasteiger charge is 2.26. The van der Waals surface area contributed by atoms with E-state index < -0.39 is 5.91 Å². The number of amides is 3. The minimum Gasteiger partial charge on any atom is -0.451 e. The molecular weight excluding hydrogens is 322 g/mol. The summed E-state index contributed by atoms with van der Waals surface area (Å²) in [6.07, 6.45) is 1.39.